The Morgan fingerprint density at radius 2 is 2.31 bits per heavy atom. The summed E-state index contributed by atoms with van der Waals surface area (Å²) in [7, 11) is 0. The molecule has 1 saturated heterocycles. The summed E-state index contributed by atoms with van der Waals surface area (Å²) in [6.07, 6.45) is 0.797. The fourth-order valence-electron chi connectivity index (χ4n) is 2.64. The van der Waals surface area contributed by atoms with Crippen LogP contribution >= 0.6 is 23.5 Å². The van der Waals surface area contributed by atoms with E-state index < -0.39 is 12.0 Å². The van der Waals surface area contributed by atoms with Crippen LogP contribution in [0.4, 0.5) is 0 Å². The molecule has 2 aliphatic heterocycles. The Labute approximate surface area is 157 Å². The second-order valence-corrected chi connectivity index (χ2v) is 7.82. The molecule has 1 unspecified atom stereocenters. The summed E-state index contributed by atoms with van der Waals surface area (Å²) < 4.78 is 0. The van der Waals surface area contributed by atoms with Gasteiger partial charge in [-0.3, -0.25) is 19.6 Å². The van der Waals surface area contributed by atoms with Crippen LogP contribution in [0.1, 0.15) is 23.8 Å². The highest BCUT2D eigenvalue weighted by Gasteiger charge is 2.51. The zero-order valence-electron chi connectivity index (χ0n) is 13.9. The van der Waals surface area contributed by atoms with E-state index in [0.29, 0.717) is 22.9 Å². The number of aliphatic carboxylic acids is 1. The monoisotopic (exact) mass is 398 g/mol. The Morgan fingerprint density at radius 3 is 3.00 bits per heavy atom. The summed E-state index contributed by atoms with van der Waals surface area (Å²) >= 11 is 2.67. The minimum Gasteiger partial charge on any atom is -0.477 e. The molecule has 12 heteroatoms. The van der Waals surface area contributed by atoms with Crippen molar-refractivity contribution in [1.29, 1.82) is 0 Å². The maximum absolute atomic E-state index is 12.1. The molecule has 10 nitrogen and oxygen atoms in total. The number of carboxylic acids is 1. The molecule has 1 fully saturated rings. The molecule has 26 heavy (non-hydrogen) atoms. The van der Waals surface area contributed by atoms with E-state index in [2.05, 4.69) is 20.7 Å². The molecule has 1 aromatic heterocycles. The third-order valence-electron chi connectivity index (χ3n) is 3.95. The predicted molar refractivity (Wildman–Crippen MR) is 95.5 cm³/mol. The van der Waals surface area contributed by atoms with Crippen molar-refractivity contribution >= 4 is 41.3 Å². The number of carbonyl (C=O) groups is 3. The summed E-state index contributed by atoms with van der Waals surface area (Å²) in [5.74, 6) is -1.13. The van der Waals surface area contributed by atoms with E-state index >= 15 is 0 Å². The van der Waals surface area contributed by atoms with Crippen LogP contribution in [-0.2, 0) is 9.59 Å². The molecule has 0 aromatic carbocycles. The predicted octanol–water partition coefficient (Wildman–Crippen LogP) is -0.382. The number of aromatic nitrogens is 3. The van der Waals surface area contributed by atoms with Crippen molar-refractivity contribution in [2.75, 3.05) is 18.1 Å². The van der Waals surface area contributed by atoms with E-state index in [-0.39, 0.29) is 34.3 Å². The van der Waals surface area contributed by atoms with Crippen LogP contribution < -0.4 is 11.1 Å². The van der Waals surface area contributed by atoms with Crippen LogP contribution in [-0.4, -0.2) is 72.7 Å². The standard InChI is InChI=1S/C14H18N6O4S2/c1-2-3-16-10(21)8-11(18-19-17-8)25-4-6-5-26-13-7(15)12(22)20(13)9(6)14(23)24/h7,13H,2-5,15H2,1H3,(H,16,21)(H,23,24)(H,17,18,19)/t7?,13-/m0/s1. The van der Waals surface area contributed by atoms with Gasteiger partial charge in [0, 0.05) is 18.1 Å². The number of fused-ring (bicyclic) bond motifs is 1. The molecule has 0 spiro atoms. The van der Waals surface area contributed by atoms with Gasteiger partial charge in [-0.15, -0.1) is 16.9 Å². The van der Waals surface area contributed by atoms with Gasteiger partial charge in [-0.05, 0) is 12.0 Å². The van der Waals surface area contributed by atoms with E-state index in [0.717, 1.165) is 6.42 Å². The Balaban J connectivity index is 1.75. The van der Waals surface area contributed by atoms with Gasteiger partial charge in [-0.1, -0.05) is 23.9 Å². The number of carboxylic acid groups (broad SMARTS) is 1. The van der Waals surface area contributed by atoms with Gasteiger partial charge in [0.2, 0.25) is 5.91 Å². The number of hydrogen-bond acceptors (Lipinski definition) is 8. The van der Waals surface area contributed by atoms with E-state index in [1.165, 1.54) is 28.4 Å². The Bertz CT molecular complexity index is 779. The molecule has 3 rings (SSSR count). The van der Waals surface area contributed by atoms with E-state index in [9.17, 15) is 19.5 Å². The van der Waals surface area contributed by atoms with Crippen molar-refractivity contribution < 1.29 is 19.5 Å². The number of H-pyrrole nitrogens is 1. The Morgan fingerprint density at radius 1 is 1.54 bits per heavy atom. The lowest BCUT2D eigenvalue weighted by atomic mass is 10.0. The van der Waals surface area contributed by atoms with Crippen molar-refractivity contribution in [3.05, 3.63) is 17.0 Å². The fourth-order valence-corrected chi connectivity index (χ4v) is 5.00. The SMILES string of the molecule is CCCNC(=O)c1nn[nH]c1SCC1=C(C(=O)O)N2C(=O)C(N)[C@@H]2SC1. The zero-order chi connectivity index (χ0) is 18.8. The first kappa shape index (κ1) is 18.7. The number of β-lactam (4-membered cyclic amide) rings is 1. The number of rotatable bonds is 7. The van der Waals surface area contributed by atoms with Crippen molar-refractivity contribution in [1.82, 2.24) is 25.6 Å². The maximum Gasteiger partial charge on any atom is 0.352 e. The van der Waals surface area contributed by atoms with Crippen LogP contribution in [0.2, 0.25) is 0 Å². The number of nitrogens with two attached hydrogens (primary N) is 1. The summed E-state index contributed by atoms with van der Waals surface area (Å²) in [6.45, 7) is 2.47. The smallest absolute Gasteiger partial charge is 0.352 e. The number of nitrogens with one attached hydrogen (secondary N) is 2. The first-order valence-electron chi connectivity index (χ1n) is 7.93. The molecule has 2 amide bonds. The van der Waals surface area contributed by atoms with Crippen molar-refractivity contribution in [2.45, 2.75) is 29.8 Å². The van der Waals surface area contributed by atoms with Gasteiger partial charge >= 0.3 is 5.97 Å². The second kappa shape index (κ2) is 7.68. The van der Waals surface area contributed by atoms with E-state index in [1.807, 2.05) is 6.92 Å². The largest absolute Gasteiger partial charge is 0.477 e. The quantitative estimate of drug-likeness (QED) is 0.355. The second-order valence-electron chi connectivity index (χ2n) is 5.73. The number of amides is 2. The molecule has 2 atom stereocenters. The van der Waals surface area contributed by atoms with E-state index in [4.69, 9.17) is 5.73 Å². The minimum atomic E-state index is -1.16. The highest BCUT2D eigenvalue weighted by molar-refractivity contribution is 8.01. The number of aromatic amines is 1. The highest BCUT2D eigenvalue weighted by Crippen LogP contribution is 2.40. The molecule has 0 saturated carbocycles. The molecule has 3 heterocycles. The Hall–Kier alpha value is -2.05. The summed E-state index contributed by atoms with van der Waals surface area (Å²) in [4.78, 5) is 36.9. The van der Waals surface area contributed by atoms with Crippen molar-refractivity contribution in [2.24, 2.45) is 5.73 Å². The molecule has 5 N–H and O–H groups in total. The van der Waals surface area contributed by atoms with Crippen LogP contribution in [0.3, 0.4) is 0 Å². The third kappa shape index (κ3) is 3.31. The lowest BCUT2D eigenvalue weighted by molar-refractivity contribution is -0.147. The lowest BCUT2D eigenvalue weighted by Crippen LogP contribution is -2.68. The molecular weight excluding hydrogens is 380 g/mol. The first-order valence-corrected chi connectivity index (χ1v) is 9.96. The van der Waals surface area contributed by atoms with Gasteiger partial charge in [0.15, 0.2) is 5.69 Å². The fraction of sp³-hybridized carbons (Fsp3) is 0.500. The number of hydrogen-bond donors (Lipinski definition) is 4. The molecule has 2 aliphatic rings. The average Bonchev–Trinajstić information content (AvgIpc) is 3.11. The number of carbonyl (C=O) groups excluding carboxylic acids is 2. The van der Waals surface area contributed by atoms with Gasteiger partial charge in [0.1, 0.15) is 22.1 Å². The first-order chi connectivity index (χ1) is 12.5. The molecule has 0 radical (unpaired) electrons. The number of nitrogens with zero attached hydrogens (tertiary/aromatic N) is 3. The topological polar surface area (TPSA) is 154 Å². The molecular formula is C14H18N6O4S2. The van der Waals surface area contributed by atoms with E-state index in [1.54, 1.807) is 0 Å². The maximum atomic E-state index is 12.1. The summed E-state index contributed by atoms with van der Waals surface area (Å²) in [5.41, 5.74) is 6.48. The molecule has 140 valence electrons. The summed E-state index contributed by atoms with van der Waals surface area (Å²) in [6, 6.07) is -0.658. The minimum absolute atomic E-state index is 0.0163. The number of thioether (sulfide) groups is 2. The normalized spacial score (nSPS) is 22.1. The average molecular weight is 398 g/mol. The van der Waals surface area contributed by atoms with Gasteiger partial charge in [0.05, 0.1) is 0 Å². The van der Waals surface area contributed by atoms with Crippen molar-refractivity contribution in [3.8, 4) is 0 Å². The molecule has 1 aromatic rings. The van der Waals surface area contributed by atoms with Gasteiger partial charge in [0.25, 0.3) is 5.91 Å². The van der Waals surface area contributed by atoms with Gasteiger partial charge in [-0.25, -0.2) is 4.79 Å². The molecule has 0 aliphatic carbocycles. The zero-order valence-corrected chi connectivity index (χ0v) is 15.5. The van der Waals surface area contributed by atoms with Crippen LogP contribution in [0.5, 0.6) is 0 Å². The summed E-state index contributed by atoms with van der Waals surface area (Å²) in [5, 5.41) is 22.5. The lowest BCUT2D eigenvalue weighted by Gasteiger charge is -2.48. The highest BCUT2D eigenvalue weighted by atomic mass is 32.2. The van der Waals surface area contributed by atoms with Gasteiger partial charge in [-0.2, -0.15) is 0 Å². The van der Waals surface area contributed by atoms with Crippen molar-refractivity contribution in [3.63, 3.8) is 0 Å². The Kier molecular flexibility index (Phi) is 5.53. The molecule has 0 bridgehead atoms. The van der Waals surface area contributed by atoms with Crippen LogP contribution in [0.25, 0.3) is 0 Å². The van der Waals surface area contributed by atoms with Gasteiger partial charge < -0.3 is 16.2 Å². The third-order valence-corrected chi connectivity index (χ3v) is 6.38. The van der Waals surface area contributed by atoms with Crippen LogP contribution in [0, 0.1) is 0 Å². The van der Waals surface area contributed by atoms with Crippen LogP contribution in [0.15, 0.2) is 16.3 Å².